The highest BCUT2D eigenvalue weighted by atomic mass is 16.5. The number of rotatable bonds is 7. The lowest BCUT2D eigenvalue weighted by Crippen LogP contribution is -2.25. The van der Waals surface area contributed by atoms with Crippen LogP contribution in [-0.2, 0) is 0 Å². The summed E-state index contributed by atoms with van der Waals surface area (Å²) in [6.45, 7) is 8.86. The van der Waals surface area contributed by atoms with Crippen molar-refractivity contribution in [3.05, 3.63) is 29.8 Å². The minimum Gasteiger partial charge on any atom is -0.488 e. The Kier molecular flexibility index (Phi) is 6.16. The molecule has 0 bridgehead atoms. The highest BCUT2D eigenvalue weighted by Crippen LogP contribution is 2.21. The van der Waals surface area contributed by atoms with Crippen LogP contribution in [0.25, 0.3) is 0 Å². The van der Waals surface area contributed by atoms with E-state index in [0.717, 1.165) is 18.7 Å². The molecule has 1 rings (SSSR count). The van der Waals surface area contributed by atoms with Gasteiger partial charge in [-0.3, -0.25) is 0 Å². The third kappa shape index (κ3) is 4.31. The highest BCUT2D eigenvalue weighted by Gasteiger charge is 2.11. The first-order valence-electron chi connectivity index (χ1n) is 6.76. The lowest BCUT2D eigenvalue weighted by atomic mass is 10.0. The van der Waals surface area contributed by atoms with Gasteiger partial charge in [0.15, 0.2) is 0 Å². The summed E-state index contributed by atoms with van der Waals surface area (Å²) in [6, 6.07) is 8.50. The monoisotopic (exact) mass is 251 g/mol. The van der Waals surface area contributed by atoms with Crippen LogP contribution in [0.4, 0.5) is 0 Å². The molecule has 102 valence electrons. The van der Waals surface area contributed by atoms with E-state index < -0.39 is 6.10 Å². The lowest BCUT2D eigenvalue weighted by molar-refractivity contribution is 0.0604. The normalized spacial score (nSPS) is 16.1. The molecule has 1 aromatic carbocycles. The molecule has 0 amide bonds. The number of hydrogen-bond acceptors (Lipinski definition) is 3. The summed E-state index contributed by atoms with van der Waals surface area (Å²) in [7, 11) is 0. The standard InChI is InChI=1S/C15H25NO2/c1-5-15(16-6-2)13-7-9-14(10-8-13)18-12(4)11(3)17/h7-12,15-17H,5-6H2,1-4H3. The Hall–Kier alpha value is -1.06. The maximum Gasteiger partial charge on any atom is 0.121 e. The molecule has 0 saturated carbocycles. The molecule has 2 N–H and O–H groups in total. The molecule has 0 heterocycles. The second kappa shape index (κ2) is 7.39. The molecule has 1 aromatic rings. The van der Waals surface area contributed by atoms with Gasteiger partial charge >= 0.3 is 0 Å². The Morgan fingerprint density at radius 3 is 2.22 bits per heavy atom. The van der Waals surface area contributed by atoms with Crippen molar-refractivity contribution in [2.24, 2.45) is 0 Å². The van der Waals surface area contributed by atoms with E-state index in [1.807, 2.05) is 19.1 Å². The molecule has 0 spiro atoms. The van der Waals surface area contributed by atoms with E-state index in [2.05, 4.69) is 31.3 Å². The molecule has 0 aromatic heterocycles. The van der Waals surface area contributed by atoms with Gasteiger partial charge in [-0.15, -0.1) is 0 Å². The average Bonchev–Trinajstić information content (AvgIpc) is 2.37. The van der Waals surface area contributed by atoms with E-state index in [1.165, 1.54) is 5.56 Å². The van der Waals surface area contributed by atoms with Crippen molar-refractivity contribution in [1.82, 2.24) is 5.32 Å². The van der Waals surface area contributed by atoms with E-state index in [-0.39, 0.29) is 6.10 Å². The summed E-state index contributed by atoms with van der Waals surface area (Å²) in [4.78, 5) is 0. The Labute approximate surface area is 110 Å². The Bertz CT molecular complexity index is 335. The fourth-order valence-corrected chi connectivity index (χ4v) is 1.84. The summed E-state index contributed by atoms with van der Waals surface area (Å²) in [5.41, 5.74) is 1.27. The minimum absolute atomic E-state index is 0.188. The van der Waals surface area contributed by atoms with E-state index in [0.29, 0.717) is 6.04 Å². The molecule has 3 atom stereocenters. The van der Waals surface area contributed by atoms with Crippen molar-refractivity contribution >= 4 is 0 Å². The molecule has 0 aliphatic heterocycles. The number of benzene rings is 1. The SMILES string of the molecule is CCNC(CC)c1ccc(OC(C)C(C)O)cc1. The molecule has 3 nitrogen and oxygen atoms in total. The van der Waals surface area contributed by atoms with Gasteiger partial charge in [0.25, 0.3) is 0 Å². The molecule has 3 heteroatoms. The number of aliphatic hydroxyl groups excluding tert-OH is 1. The Balaban J connectivity index is 2.67. The van der Waals surface area contributed by atoms with Gasteiger partial charge in [0.05, 0.1) is 6.10 Å². The molecule has 0 fully saturated rings. The summed E-state index contributed by atoms with van der Waals surface area (Å²) in [6.07, 6.45) is 0.416. The van der Waals surface area contributed by atoms with Gasteiger partial charge in [-0.2, -0.15) is 0 Å². The van der Waals surface area contributed by atoms with E-state index >= 15 is 0 Å². The zero-order chi connectivity index (χ0) is 13.5. The Morgan fingerprint density at radius 1 is 1.17 bits per heavy atom. The third-order valence-corrected chi connectivity index (χ3v) is 3.14. The van der Waals surface area contributed by atoms with E-state index in [1.54, 1.807) is 6.92 Å². The minimum atomic E-state index is -0.463. The number of aliphatic hydroxyl groups is 1. The predicted molar refractivity (Wildman–Crippen MR) is 74.9 cm³/mol. The van der Waals surface area contributed by atoms with Crippen molar-refractivity contribution in [3.8, 4) is 5.75 Å². The smallest absolute Gasteiger partial charge is 0.121 e. The van der Waals surface area contributed by atoms with Gasteiger partial charge in [-0.1, -0.05) is 26.0 Å². The van der Waals surface area contributed by atoms with Gasteiger partial charge in [-0.25, -0.2) is 0 Å². The number of hydrogen-bond donors (Lipinski definition) is 2. The van der Waals surface area contributed by atoms with Crippen LogP contribution in [0.2, 0.25) is 0 Å². The van der Waals surface area contributed by atoms with Crippen LogP contribution < -0.4 is 10.1 Å². The molecule has 3 unspecified atom stereocenters. The van der Waals surface area contributed by atoms with Crippen LogP contribution in [0.5, 0.6) is 5.75 Å². The molecule has 18 heavy (non-hydrogen) atoms. The molecule has 0 saturated heterocycles. The van der Waals surface area contributed by atoms with Crippen LogP contribution in [0, 0.1) is 0 Å². The van der Waals surface area contributed by atoms with Gasteiger partial charge in [-0.05, 0) is 44.5 Å². The fraction of sp³-hybridized carbons (Fsp3) is 0.600. The van der Waals surface area contributed by atoms with Crippen molar-refractivity contribution in [2.45, 2.75) is 52.4 Å². The van der Waals surface area contributed by atoms with Gasteiger partial charge in [0.1, 0.15) is 11.9 Å². The zero-order valence-corrected chi connectivity index (χ0v) is 11.8. The van der Waals surface area contributed by atoms with Crippen molar-refractivity contribution in [2.75, 3.05) is 6.54 Å². The Morgan fingerprint density at radius 2 is 1.78 bits per heavy atom. The second-order valence-electron chi connectivity index (χ2n) is 4.65. The van der Waals surface area contributed by atoms with Crippen molar-refractivity contribution < 1.29 is 9.84 Å². The predicted octanol–water partition coefficient (Wildman–Crippen LogP) is 2.90. The first-order valence-corrected chi connectivity index (χ1v) is 6.76. The molecular formula is C15H25NO2. The van der Waals surface area contributed by atoms with Crippen LogP contribution in [0.15, 0.2) is 24.3 Å². The highest BCUT2D eigenvalue weighted by molar-refractivity contribution is 5.29. The fourth-order valence-electron chi connectivity index (χ4n) is 1.84. The van der Waals surface area contributed by atoms with Gasteiger partial charge in [0, 0.05) is 6.04 Å². The number of ether oxygens (including phenoxy) is 1. The first kappa shape index (κ1) is 15.0. The van der Waals surface area contributed by atoms with Crippen LogP contribution >= 0.6 is 0 Å². The maximum absolute atomic E-state index is 9.40. The molecular weight excluding hydrogens is 226 g/mol. The quantitative estimate of drug-likeness (QED) is 0.783. The number of nitrogens with one attached hydrogen (secondary N) is 1. The van der Waals surface area contributed by atoms with Crippen molar-refractivity contribution in [3.63, 3.8) is 0 Å². The average molecular weight is 251 g/mol. The summed E-state index contributed by atoms with van der Waals surface area (Å²) in [5, 5.41) is 12.8. The lowest BCUT2D eigenvalue weighted by Gasteiger charge is -2.19. The van der Waals surface area contributed by atoms with Crippen LogP contribution in [0.1, 0.15) is 45.7 Å². The van der Waals surface area contributed by atoms with Crippen molar-refractivity contribution in [1.29, 1.82) is 0 Å². The first-order chi connectivity index (χ1) is 8.58. The summed E-state index contributed by atoms with van der Waals surface area (Å²) >= 11 is 0. The molecule has 0 radical (unpaired) electrons. The van der Waals surface area contributed by atoms with Crippen LogP contribution in [0.3, 0.4) is 0 Å². The van der Waals surface area contributed by atoms with E-state index in [4.69, 9.17) is 4.74 Å². The molecule has 0 aliphatic carbocycles. The van der Waals surface area contributed by atoms with E-state index in [9.17, 15) is 5.11 Å². The summed E-state index contributed by atoms with van der Waals surface area (Å²) < 4.78 is 5.63. The largest absolute Gasteiger partial charge is 0.488 e. The maximum atomic E-state index is 9.40. The van der Waals surface area contributed by atoms with Gasteiger partial charge < -0.3 is 15.2 Å². The zero-order valence-electron chi connectivity index (χ0n) is 11.8. The summed E-state index contributed by atoms with van der Waals surface area (Å²) in [5.74, 6) is 0.804. The molecule has 0 aliphatic rings. The topological polar surface area (TPSA) is 41.5 Å². The third-order valence-electron chi connectivity index (χ3n) is 3.14. The second-order valence-corrected chi connectivity index (χ2v) is 4.65. The van der Waals surface area contributed by atoms with Gasteiger partial charge in [0.2, 0.25) is 0 Å². The van der Waals surface area contributed by atoms with Crippen LogP contribution in [-0.4, -0.2) is 23.9 Å².